The number of nitrogens with one attached hydrogen (secondary N) is 1. The fraction of sp³-hybridized carbons (Fsp3) is 0.200. The molecule has 3 aromatic rings. The molecule has 0 aromatic heterocycles. The van der Waals surface area contributed by atoms with E-state index in [0.717, 1.165) is 11.1 Å². The average molecular weight is 419 g/mol. The van der Waals surface area contributed by atoms with Gasteiger partial charge in [0, 0.05) is 5.56 Å². The molecular formula is C25H25NO5. The first-order valence-corrected chi connectivity index (χ1v) is 9.85. The van der Waals surface area contributed by atoms with E-state index >= 15 is 0 Å². The lowest BCUT2D eigenvalue weighted by Crippen LogP contribution is -2.28. The quantitative estimate of drug-likeness (QED) is 0.540. The van der Waals surface area contributed by atoms with Gasteiger partial charge in [0.1, 0.15) is 11.5 Å². The first-order valence-electron chi connectivity index (χ1n) is 9.85. The molecule has 1 N–H and O–H groups in total. The number of rotatable bonds is 8. The summed E-state index contributed by atoms with van der Waals surface area (Å²) >= 11 is 0. The monoisotopic (exact) mass is 419 g/mol. The van der Waals surface area contributed by atoms with Crippen molar-refractivity contribution in [2.75, 3.05) is 19.0 Å². The van der Waals surface area contributed by atoms with Gasteiger partial charge in [-0.25, -0.2) is 4.79 Å². The number of amides is 1. The molecule has 0 saturated heterocycles. The predicted octanol–water partition coefficient (Wildman–Crippen LogP) is 4.61. The molecule has 1 atom stereocenters. The topological polar surface area (TPSA) is 73.9 Å². The van der Waals surface area contributed by atoms with Gasteiger partial charge in [-0.1, -0.05) is 48.5 Å². The van der Waals surface area contributed by atoms with Crippen LogP contribution in [0.2, 0.25) is 0 Å². The van der Waals surface area contributed by atoms with Crippen LogP contribution in [-0.2, 0) is 14.3 Å². The molecule has 0 aliphatic rings. The number of carbonyl (C=O) groups is 2. The summed E-state index contributed by atoms with van der Waals surface area (Å²) < 4.78 is 16.3. The van der Waals surface area contributed by atoms with Crippen molar-refractivity contribution >= 4 is 17.6 Å². The van der Waals surface area contributed by atoms with Crippen molar-refractivity contribution < 1.29 is 23.8 Å². The second kappa shape index (κ2) is 10.3. The van der Waals surface area contributed by atoms with E-state index in [9.17, 15) is 9.59 Å². The Bertz CT molecular complexity index is 1050. The summed E-state index contributed by atoms with van der Waals surface area (Å²) in [6, 6.07) is 21.6. The Morgan fingerprint density at radius 1 is 0.903 bits per heavy atom. The molecule has 1 amide bonds. The number of aryl methyl sites for hydroxylation is 2. The number of anilines is 1. The van der Waals surface area contributed by atoms with Gasteiger partial charge in [0.15, 0.2) is 6.61 Å². The normalized spacial score (nSPS) is 11.3. The van der Waals surface area contributed by atoms with Crippen LogP contribution in [0.25, 0.3) is 0 Å². The van der Waals surface area contributed by atoms with Crippen LogP contribution in [0, 0.1) is 13.8 Å². The molecule has 6 nitrogen and oxygen atoms in total. The molecule has 3 rings (SSSR count). The van der Waals surface area contributed by atoms with Gasteiger partial charge in [0.2, 0.25) is 6.10 Å². The van der Waals surface area contributed by atoms with Crippen LogP contribution in [0.5, 0.6) is 11.5 Å². The Labute approximate surface area is 181 Å². The molecule has 0 aliphatic carbocycles. The highest BCUT2D eigenvalue weighted by molar-refractivity contribution is 5.97. The largest absolute Gasteiger partial charge is 0.495 e. The fourth-order valence-electron chi connectivity index (χ4n) is 3.03. The Kier molecular flexibility index (Phi) is 7.27. The minimum absolute atomic E-state index is 0.312. The Morgan fingerprint density at radius 3 is 2.35 bits per heavy atom. The maximum atomic E-state index is 13.1. The SMILES string of the molecule is COc1ccc(C)cc1NC(=O)[C@H](OC(=O)COc1cccc(C)c1)c1ccccc1. The van der Waals surface area contributed by atoms with Crippen LogP contribution >= 0.6 is 0 Å². The molecule has 0 bridgehead atoms. The first kappa shape index (κ1) is 21.9. The maximum absolute atomic E-state index is 13.1. The molecule has 3 aromatic carbocycles. The Balaban J connectivity index is 1.75. The summed E-state index contributed by atoms with van der Waals surface area (Å²) in [7, 11) is 1.53. The van der Waals surface area contributed by atoms with E-state index in [4.69, 9.17) is 14.2 Å². The smallest absolute Gasteiger partial charge is 0.345 e. The van der Waals surface area contributed by atoms with Gasteiger partial charge in [-0.3, -0.25) is 4.79 Å². The molecule has 0 spiro atoms. The molecule has 6 heteroatoms. The van der Waals surface area contributed by atoms with Crippen LogP contribution in [0.4, 0.5) is 5.69 Å². The van der Waals surface area contributed by atoms with E-state index in [1.54, 1.807) is 42.5 Å². The minimum atomic E-state index is -1.14. The molecule has 0 aliphatic heterocycles. The van der Waals surface area contributed by atoms with E-state index in [1.165, 1.54) is 7.11 Å². The van der Waals surface area contributed by atoms with E-state index in [-0.39, 0.29) is 6.61 Å². The number of methoxy groups -OCH3 is 1. The van der Waals surface area contributed by atoms with Crippen molar-refractivity contribution in [3.8, 4) is 11.5 Å². The number of hydrogen-bond acceptors (Lipinski definition) is 5. The summed E-state index contributed by atoms with van der Waals surface area (Å²) in [5, 5.41) is 2.81. The standard InChI is InChI=1S/C25H25NO5/c1-17-8-7-11-20(14-17)30-16-23(27)31-24(19-9-5-4-6-10-19)25(28)26-21-15-18(2)12-13-22(21)29-3/h4-15,24H,16H2,1-3H3,(H,26,28)/t24-/m1/s1. The molecular weight excluding hydrogens is 394 g/mol. The molecule has 0 saturated carbocycles. The number of carbonyl (C=O) groups excluding carboxylic acids is 2. The molecule has 0 fully saturated rings. The van der Waals surface area contributed by atoms with Crippen molar-refractivity contribution in [1.29, 1.82) is 0 Å². The summed E-state index contributed by atoms with van der Waals surface area (Å²) in [6.45, 7) is 3.53. The second-order valence-electron chi connectivity index (χ2n) is 7.08. The van der Waals surface area contributed by atoms with Crippen LogP contribution < -0.4 is 14.8 Å². The van der Waals surface area contributed by atoms with Gasteiger partial charge >= 0.3 is 5.97 Å². The number of hydrogen-bond donors (Lipinski definition) is 1. The van der Waals surface area contributed by atoms with Gasteiger partial charge in [-0.2, -0.15) is 0 Å². The zero-order valence-corrected chi connectivity index (χ0v) is 17.8. The van der Waals surface area contributed by atoms with Crippen molar-refractivity contribution in [3.63, 3.8) is 0 Å². The van der Waals surface area contributed by atoms with Crippen LogP contribution in [-0.4, -0.2) is 25.6 Å². The lowest BCUT2D eigenvalue weighted by molar-refractivity contribution is -0.156. The molecule has 0 radical (unpaired) electrons. The summed E-state index contributed by atoms with van der Waals surface area (Å²) in [6.07, 6.45) is -1.14. The second-order valence-corrected chi connectivity index (χ2v) is 7.08. The van der Waals surface area contributed by atoms with Crippen LogP contribution in [0.3, 0.4) is 0 Å². The average Bonchev–Trinajstić information content (AvgIpc) is 2.77. The number of ether oxygens (including phenoxy) is 3. The van der Waals surface area contributed by atoms with Gasteiger partial charge < -0.3 is 19.5 Å². The molecule has 0 unspecified atom stereocenters. The zero-order valence-electron chi connectivity index (χ0n) is 17.8. The van der Waals surface area contributed by atoms with E-state index in [1.807, 2.05) is 44.2 Å². The Hall–Kier alpha value is -3.80. The highest BCUT2D eigenvalue weighted by Crippen LogP contribution is 2.28. The third kappa shape index (κ3) is 6.09. The van der Waals surface area contributed by atoms with Crippen molar-refractivity contribution in [2.24, 2.45) is 0 Å². The number of esters is 1. The van der Waals surface area contributed by atoms with Crippen LogP contribution in [0.15, 0.2) is 72.8 Å². The van der Waals surface area contributed by atoms with Gasteiger partial charge in [0.25, 0.3) is 5.91 Å². The lowest BCUT2D eigenvalue weighted by atomic mass is 10.1. The lowest BCUT2D eigenvalue weighted by Gasteiger charge is -2.19. The zero-order chi connectivity index (χ0) is 22.2. The van der Waals surface area contributed by atoms with Crippen LogP contribution in [0.1, 0.15) is 22.8 Å². The third-order valence-corrected chi connectivity index (χ3v) is 4.55. The highest BCUT2D eigenvalue weighted by atomic mass is 16.6. The molecule has 0 heterocycles. The third-order valence-electron chi connectivity index (χ3n) is 4.55. The fourth-order valence-corrected chi connectivity index (χ4v) is 3.03. The van der Waals surface area contributed by atoms with E-state index in [0.29, 0.717) is 22.7 Å². The predicted molar refractivity (Wildman–Crippen MR) is 118 cm³/mol. The van der Waals surface area contributed by atoms with Gasteiger partial charge in [0.05, 0.1) is 12.8 Å². The summed E-state index contributed by atoms with van der Waals surface area (Å²) in [4.78, 5) is 25.5. The van der Waals surface area contributed by atoms with Crippen molar-refractivity contribution in [3.05, 3.63) is 89.5 Å². The summed E-state index contributed by atoms with van der Waals surface area (Å²) in [5.74, 6) is -0.0669. The summed E-state index contributed by atoms with van der Waals surface area (Å²) in [5.41, 5.74) is 3.02. The molecule has 160 valence electrons. The Morgan fingerprint density at radius 2 is 1.65 bits per heavy atom. The first-order chi connectivity index (χ1) is 15.0. The maximum Gasteiger partial charge on any atom is 0.345 e. The molecule has 31 heavy (non-hydrogen) atoms. The highest BCUT2D eigenvalue weighted by Gasteiger charge is 2.26. The van der Waals surface area contributed by atoms with Gasteiger partial charge in [-0.15, -0.1) is 0 Å². The minimum Gasteiger partial charge on any atom is -0.495 e. The van der Waals surface area contributed by atoms with Crippen molar-refractivity contribution in [2.45, 2.75) is 20.0 Å². The van der Waals surface area contributed by atoms with Gasteiger partial charge in [-0.05, 0) is 49.2 Å². The number of benzene rings is 3. The van der Waals surface area contributed by atoms with E-state index < -0.39 is 18.0 Å². The van der Waals surface area contributed by atoms with E-state index in [2.05, 4.69) is 5.32 Å². The van der Waals surface area contributed by atoms with Crippen molar-refractivity contribution in [1.82, 2.24) is 0 Å².